The van der Waals surface area contributed by atoms with Crippen molar-refractivity contribution in [1.29, 1.82) is 0 Å². The van der Waals surface area contributed by atoms with Gasteiger partial charge >= 0.3 is 0 Å². The molecule has 1 aromatic heterocycles. The van der Waals surface area contributed by atoms with Crippen molar-refractivity contribution in [3.05, 3.63) is 71.4 Å². The van der Waals surface area contributed by atoms with Crippen LogP contribution in [0.1, 0.15) is 23.2 Å². The molecule has 0 fully saturated rings. The molecule has 26 heavy (non-hydrogen) atoms. The zero-order valence-corrected chi connectivity index (χ0v) is 15.5. The summed E-state index contributed by atoms with van der Waals surface area (Å²) in [6.45, 7) is 5.13. The molecule has 0 bridgehead atoms. The maximum Gasteiger partial charge on any atom is 0.117 e. The van der Waals surface area contributed by atoms with Crippen molar-refractivity contribution in [2.24, 2.45) is 0 Å². The molecule has 3 rings (SSSR count). The highest BCUT2D eigenvalue weighted by molar-refractivity contribution is 5.60. The Morgan fingerprint density at radius 3 is 2.65 bits per heavy atom. The Hall–Kier alpha value is -2.50. The second-order valence-corrected chi connectivity index (χ2v) is 6.40. The van der Waals surface area contributed by atoms with Gasteiger partial charge in [0.25, 0.3) is 0 Å². The first-order chi connectivity index (χ1) is 12.8. The van der Waals surface area contributed by atoms with Crippen LogP contribution in [0.25, 0.3) is 11.3 Å². The Kier molecular flexibility index (Phi) is 6.52. The predicted octanol–water partition coefficient (Wildman–Crippen LogP) is 3.43. The SMILES string of the molecule is COCCCNCc1nn(Cc2cccc(C)c2)nc1-c1ccccc1. The fourth-order valence-corrected chi connectivity index (χ4v) is 2.91. The van der Waals surface area contributed by atoms with E-state index in [1.807, 2.05) is 18.2 Å². The van der Waals surface area contributed by atoms with E-state index in [1.54, 1.807) is 11.9 Å². The van der Waals surface area contributed by atoms with Gasteiger partial charge in [0.15, 0.2) is 0 Å². The molecule has 0 aliphatic carbocycles. The quantitative estimate of drug-likeness (QED) is 0.601. The van der Waals surface area contributed by atoms with E-state index >= 15 is 0 Å². The Labute approximate surface area is 155 Å². The van der Waals surface area contributed by atoms with Gasteiger partial charge in [0.05, 0.1) is 6.54 Å². The largest absolute Gasteiger partial charge is 0.385 e. The lowest BCUT2D eigenvalue weighted by atomic mass is 10.1. The van der Waals surface area contributed by atoms with Crippen molar-refractivity contribution >= 4 is 0 Å². The predicted molar refractivity (Wildman–Crippen MR) is 104 cm³/mol. The first-order valence-corrected chi connectivity index (χ1v) is 9.01. The summed E-state index contributed by atoms with van der Waals surface area (Å²) in [6.07, 6.45) is 0.981. The van der Waals surface area contributed by atoms with Crippen LogP contribution >= 0.6 is 0 Å². The highest BCUT2D eigenvalue weighted by atomic mass is 16.5. The standard InChI is InChI=1S/C21H26N4O/c1-17-8-6-9-18(14-17)16-25-23-20(15-22-12-7-13-26-2)21(24-25)19-10-4-3-5-11-19/h3-6,8-11,14,22H,7,12-13,15-16H2,1-2H3. The highest BCUT2D eigenvalue weighted by Gasteiger charge is 2.13. The Balaban J connectivity index is 1.78. The Morgan fingerprint density at radius 1 is 1.04 bits per heavy atom. The summed E-state index contributed by atoms with van der Waals surface area (Å²) in [4.78, 5) is 1.79. The molecular weight excluding hydrogens is 324 g/mol. The third kappa shape index (κ3) is 5.00. The van der Waals surface area contributed by atoms with E-state index in [-0.39, 0.29) is 0 Å². The molecule has 0 aliphatic rings. The third-order valence-electron chi connectivity index (χ3n) is 4.17. The van der Waals surface area contributed by atoms with E-state index < -0.39 is 0 Å². The molecule has 2 aromatic carbocycles. The van der Waals surface area contributed by atoms with Crippen LogP contribution < -0.4 is 5.32 Å². The van der Waals surface area contributed by atoms with Gasteiger partial charge in [-0.05, 0) is 25.5 Å². The number of aryl methyl sites for hydroxylation is 1. The Morgan fingerprint density at radius 2 is 1.88 bits per heavy atom. The maximum absolute atomic E-state index is 5.10. The fourth-order valence-electron chi connectivity index (χ4n) is 2.91. The summed E-state index contributed by atoms with van der Waals surface area (Å²) < 4.78 is 5.10. The molecule has 0 unspecified atom stereocenters. The van der Waals surface area contributed by atoms with Crippen LogP contribution in [0.3, 0.4) is 0 Å². The minimum atomic E-state index is 0.672. The number of ether oxygens (including phenoxy) is 1. The van der Waals surface area contributed by atoms with Crippen LogP contribution in [0.15, 0.2) is 54.6 Å². The molecule has 0 spiro atoms. The molecule has 1 N–H and O–H groups in total. The van der Waals surface area contributed by atoms with Crippen molar-refractivity contribution in [1.82, 2.24) is 20.3 Å². The summed E-state index contributed by atoms with van der Waals surface area (Å²) in [5.74, 6) is 0. The van der Waals surface area contributed by atoms with Crippen LogP contribution in [0, 0.1) is 6.92 Å². The number of benzene rings is 2. The summed E-state index contributed by atoms with van der Waals surface area (Å²) in [5, 5.41) is 12.9. The minimum absolute atomic E-state index is 0.672. The lowest BCUT2D eigenvalue weighted by Crippen LogP contribution is -2.17. The van der Waals surface area contributed by atoms with Gasteiger partial charge in [-0.2, -0.15) is 15.0 Å². The number of methoxy groups -OCH3 is 1. The summed E-state index contributed by atoms with van der Waals surface area (Å²) >= 11 is 0. The highest BCUT2D eigenvalue weighted by Crippen LogP contribution is 2.20. The minimum Gasteiger partial charge on any atom is -0.385 e. The molecule has 5 nitrogen and oxygen atoms in total. The van der Waals surface area contributed by atoms with Gasteiger partial charge in [-0.1, -0.05) is 60.2 Å². The Bertz CT molecular complexity index is 814. The van der Waals surface area contributed by atoms with Gasteiger partial charge in [-0.15, -0.1) is 0 Å². The normalized spacial score (nSPS) is 11.0. The maximum atomic E-state index is 5.10. The van der Waals surface area contributed by atoms with Crippen LogP contribution in [0.2, 0.25) is 0 Å². The molecular formula is C21H26N4O. The first kappa shape index (κ1) is 18.3. The molecule has 0 radical (unpaired) electrons. The van der Waals surface area contributed by atoms with Gasteiger partial charge in [-0.25, -0.2) is 0 Å². The number of hydrogen-bond acceptors (Lipinski definition) is 4. The smallest absolute Gasteiger partial charge is 0.117 e. The van der Waals surface area contributed by atoms with Gasteiger partial charge in [0.2, 0.25) is 0 Å². The van der Waals surface area contributed by atoms with Crippen LogP contribution in [-0.2, 0) is 17.8 Å². The number of rotatable bonds is 9. The van der Waals surface area contributed by atoms with Gasteiger partial charge < -0.3 is 10.1 Å². The molecule has 1 heterocycles. The van der Waals surface area contributed by atoms with E-state index in [0.717, 1.165) is 36.5 Å². The second kappa shape index (κ2) is 9.27. The zero-order chi connectivity index (χ0) is 18.2. The second-order valence-electron chi connectivity index (χ2n) is 6.40. The summed E-state index contributed by atoms with van der Waals surface area (Å²) in [5.41, 5.74) is 5.47. The summed E-state index contributed by atoms with van der Waals surface area (Å²) in [7, 11) is 1.73. The molecule has 5 heteroatoms. The van der Waals surface area contributed by atoms with E-state index in [0.29, 0.717) is 13.1 Å². The molecule has 3 aromatic rings. The molecule has 0 amide bonds. The molecule has 0 saturated heterocycles. The van der Waals surface area contributed by atoms with E-state index in [2.05, 4.69) is 48.6 Å². The van der Waals surface area contributed by atoms with Crippen LogP contribution in [0.4, 0.5) is 0 Å². The third-order valence-corrected chi connectivity index (χ3v) is 4.17. The number of aromatic nitrogens is 3. The van der Waals surface area contributed by atoms with Crippen molar-refractivity contribution in [3.63, 3.8) is 0 Å². The number of hydrogen-bond donors (Lipinski definition) is 1. The van der Waals surface area contributed by atoms with Gasteiger partial charge in [-0.3, -0.25) is 0 Å². The molecule has 0 atom stereocenters. The lowest BCUT2D eigenvalue weighted by Gasteiger charge is -2.03. The average Bonchev–Trinajstić information content (AvgIpc) is 3.05. The molecule has 136 valence electrons. The van der Waals surface area contributed by atoms with E-state index in [1.165, 1.54) is 11.1 Å². The van der Waals surface area contributed by atoms with Crippen molar-refractivity contribution in [2.75, 3.05) is 20.3 Å². The first-order valence-electron chi connectivity index (χ1n) is 9.01. The van der Waals surface area contributed by atoms with Crippen molar-refractivity contribution in [2.45, 2.75) is 26.4 Å². The topological polar surface area (TPSA) is 52.0 Å². The van der Waals surface area contributed by atoms with Gasteiger partial charge in [0.1, 0.15) is 11.4 Å². The molecule has 0 aliphatic heterocycles. The summed E-state index contributed by atoms with van der Waals surface area (Å²) in [6, 6.07) is 18.7. The molecule has 0 saturated carbocycles. The van der Waals surface area contributed by atoms with Crippen molar-refractivity contribution < 1.29 is 4.74 Å². The zero-order valence-electron chi connectivity index (χ0n) is 15.5. The number of nitrogens with zero attached hydrogens (tertiary/aromatic N) is 3. The van der Waals surface area contributed by atoms with E-state index in [9.17, 15) is 0 Å². The number of nitrogens with one attached hydrogen (secondary N) is 1. The van der Waals surface area contributed by atoms with Crippen molar-refractivity contribution in [3.8, 4) is 11.3 Å². The lowest BCUT2D eigenvalue weighted by molar-refractivity contribution is 0.194. The van der Waals surface area contributed by atoms with E-state index in [4.69, 9.17) is 14.9 Å². The van der Waals surface area contributed by atoms with Gasteiger partial charge in [0, 0.05) is 25.8 Å². The average molecular weight is 350 g/mol. The van der Waals surface area contributed by atoms with Crippen LogP contribution in [0.5, 0.6) is 0 Å². The monoisotopic (exact) mass is 350 g/mol. The van der Waals surface area contributed by atoms with Crippen LogP contribution in [-0.4, -0.2) is 35.3 Å². The fraction of sp³-hybridized carbons (Fsp3) is 0.333.